The Hall–Kier alpha value is -2.04. The van der Waals surface area contributed by atoms with Gasteiger partial charge < -0.3 is 15.6 Å². The highest BCUT2D eigenvalue weighted by Gasteiger charge is 2.03. The number of aryl methyl sites for hydroxylation is 2. The highest BCUT2D eigenvalue weighted by Crippen LogP contribution is 2.19. The molecule has 90 valence electrons. The lowest BCUT2D eigenvalue weighted by Gasteiger charge is -2.08. The van der Waals surface area contributed by atoms with Crippen LogP contribution < -0.4 is 11.1 Å². The molecule has 0 bridgehead atoms. The van der Waals surface area contributed by atoms with Gasteiger partial charge in [-0.3, -0.25) is 0 Å². The van der Waals surface area contributed by atoms with Crippen LogP contribution in [0.3, 0.4) is 0 Å². The van der Waals surface area contributed by atoms with Crippen LogP contribution in [0, 0.1) is 13.8 Å². The number of nitrogens with zero attached hydrogens (tertiary/aromatic N) is 2. The van der Waals surface area contributed by atoms with Crippen LogP contribution >= 0.6 is 0 Å². The van der Waals surface area contributed by atoms with Crippen molar-refractivity contribution in [2.24, 2.45) is 0 Å². The van der Waals surface area contributed by atoms with Gasteiger partial charge in [-0.15, -0.1) is 0 Å². The van der Waals surface area contributed by atoms with Crippen LogP contribution in [-0.4, -0.2) is 16.7 Å². The van der Waals surface area contributed by atoms with Crippen LogP contribution in [0.25, 0.3) is 0 Å². The monoisotopic (exact) mass is 232 g/mol. The molecule has 0 unspecified atom stereocenters. The van der Waals surface area contributed by atoms with E-state index in [1.54, 1.807) is 6.92 Å². The lowest BCUT2D eigenvalue weighted by molar-refractivity contribution is 0.377. The maximum atomic E-state index is 5.86. The first-order chi connectivity index (χ1) is 8.15. The minimum Gasteiger partial charge on any atom is -0.397 e. The second-order valence-electron chi connectivity index (χ2n) is 4.00. The van der Waals surface area contributed by atoms with Crippen LogP contribution in [0.4, 0.5) is 11.4 Å². The summed E-state index contributed by atoms with van der Waals surface area (Å²) in [6.45, 7) is 4.56. The fourth-order valence-corrected chi connectivity index (χ4v) is 1.57. The average Bonchev–Trinajstić information content (AvgIpc) is 2.69. The topological polar surface area (TPSA) is 77.0 Å². The number of nitrogen functional groups attached to an aromatic ring is 1. The summed E-state index contributed by atoms with van der Waals surface area (Å²) < 4.78 is 5.02. The van der Waals surface area contributed by atoms with Crippen LogP contribution in [0.1, 0.15) is 17.3 Å². The maximum Gasteiger partial charge on any atom is 0.228 e. The van der Waals surface area contributed by atoms with Crippen molar-refractivity contribution in [2.45, 2.75) is 20.3 Å². The normalized spacial score (nSPS) is 10.5. The van der Waals surface area contributed by atoms with Crippen molar-refractivity contribution < 1.29 is 4.52 Å². The lowest BCUT2D eigenvalue weighted by Crippen LogP contribution is -2.07. The van der Waals surface area contributed by atoms with Gasteiger partial charge >= 0.3 is 0 Å². The molecule has 1 aromatic carbocycles. The molecule has 5 heteroatoms. The van der Waals surface area contributed by atoms with E-state index in [0.717, 1.165) is 17.9 Å². The molecule has 0 saturated heterocycles. The second kappa shape index (κ2) is 4.86. The third kappa shape index (κ3) is 2.96. The molecular weight excluding hydrogens is 216 g/mol. The van der Waals surface area contributed by atoms with Crippen LogP contribution in [0.2, 0.25) is 0 Å². The molecule has 1 aromatic heterocycles. The molecule has 17 heavy (non-hydrogen) atoms. The number of aromatic nitrogens is 2. The molecule has 0 saturated carbocycles. The summed E-state index contributed by atoms with van der Waals surface area (Å²) in [4.78, 5) is 4.13. The van der Waals surface area contributed by atoms with Gasteiger partial charge in [0.15, 0.2) is 5.82 Å². The Labute approximate surface area is 100 Å². The van der Waals surface area contributed by atoms with E-state index in [2.05, 4.69) is 15.5 Å². The van der Waals surface area contributed by atoms with Crippen molar-refractivity contribution in [1.29, 1.82) is 0 Å². The van der Waals surface area contributed by atoms with Gasteiger partial charge in [-0.1, -0.05) is 11.2 Å². The van der Waals surface area contributed by atoms with Gasteiger partial charge in [-0.05, 0) is 31.5 Å². The van der Waals surface area contributed by atoms with E-state index in [4.69, 9.17) is 10.3 Å². The fourth-order valence-electron chi connectivity index (χ4n) is 1.57. The fraction of sp³-hybridized carbons (Fsp3) is 0.333. The first-order valence-corrected chi connectivity index (χ1v) is 5.54. The molecule has 0 aliphatic heterocycles. The van der Waals surface area contributed by atoms with E-state index in [1.165, 1.54) is 5.56 Å². The maximum absolute atomic E-state index is 5.86. The predicted octanol–water partition coefficient (Wildman–Crippen LogP) is 1.92. The zero-order chi connectivity index (χ0) is 12.3. The van der Waals surface area contributed by atoms with Crippen LogP contribution in [0.15, 0.2) is 22.7 Å². The lowest BCUT2D eigenvalue weighted by atomic mass is 10.2. The SMILES string of the molecule is Cc1ccc(N)c(NCCc2nc(C)no2)c1. The Balaban J connectivity index is 1.91. The predicted molar refractivity (Wildman–Crippen MR) is 66.8 cm³/mol. The van der Waals surface area contributed by atoms with Crippen LogP contribution in [-0.2, 0) is 6.42 Å². The molecule has 3 N–H and O–H groups in total. The van der Waals surface area contributed by atoms with E-state index in [0.29, 0.717) is 18.1 Å². The van der Waals surface area contributed by atoms with Gasteiger partial charge in [0, 0.05) is 13.0 Å². The number of nitrogens with two attached hydrogens (primary N) is 1. The van der Waals surface area contributed by atoms with Gasteiger partial charge in [-0.2, -0.15) is 4.98 Å². The van der Waals surface area contributed by atoms with Gasteiger partial charge in [0.2, 0.25) is 5.89 Å². The Morgan fingerprint density at radius 1 is 1.35 bits per heavy atom. The minimum absolute atomic E-state index is 0.640. The Morgan fingerprint density at radius 3 is 2.88 bits per heavy atom. The van der Waals surface area contributed by atoms with Crippen molar-refractivity contribution in [1.82, 2.24) is 10.1 Å². The molecular formula is C12H16N4O. The standard InChI is InChI=1S/C12H16N4O/c1-8-3-4-10(13)11(7-8)14-6-5-12-15-9(2)16-17-12/h3-4,7,14H,5-6,13H2,1-2H3. The molecule has 0 atom stereocenters. The highest BCUT2D eigenvalue weighted by atomic mass is 16.5. The van der Waals surface area contributed by atoms with Gasteiger partial charge in [0.05, 0.1) is 11.4 Å². The smallest absolute Gasteiger partial charge is 0.228 e. The molecule has 0 aliphatic carbocycles. The molecule has 0 radical (unpaired) electrons. The molecule has 5 nitrogen and oxygen atoms in total. The number of rotatable bonds is 4. The third-order valence-electron chi connectivity index (χ3n) is 2.43. The quantitative estimate of drug-likeness (QED) is 0.787. The highest BCUT2D eigenvalue weighted by molar-refractivity contribution is 5.66. The third-order valence-corrected chi connectivity index (χ3v) is 2.43. The number of hydrogen-bond acceptors (Lipinski definition) is 5. The first kappa shape index (κ1) is 11.4. The number of nitrogens with one attached hydrogen (secondary N) is 1. The summed E-state index contributed by atoms with van der Waals surface area (Å²) >= 11 is 0. The summed E-state index contributed by atoms with van der Waals surface area (Å²) in [6.07, 6.45) is 0.689. The molecule has 2 rings (SSSR count). The van der Waals surface area contributed by atoms with E-state index < -0.39 is 0 Å². The van der Waals surface area contributed by atoms with E-state index in [9.17, 15) is 0 Å². The van der Waals surface area contributed by atoms with Crippen molar-refractivity contribution >= 4 is 11.4 Å². The van der Waals surface area contributed by atoms with Crippen LogP contribution in [0.5, 0.6) is 0 Å². The zero-order valence-corrected chi connectivity index (χ0v) is 10.0. The number of anilines is 2. The van der Waals surface area contributed by atoms with E-state index >= 15 is 0 Å². The molecule has 1 heterocycles. The van der Waals surface area contributed by atoms with Crippen molar-refractivity contribution in [3.63, 3.8) is 0 Å². The van der Waals surface area contributed by atoms with Gasteiger partial charge in [0.25, 0.3) is 0 Å². The molecule has 2 aromatic rings. The summed E-state index contributed by atoms with van der Waals surface area (Å²) in [6, 6.07) is 5.91. The van der Waals surface area contributed by atoms with Crippen molar-refractivity contribution in [2.75, 3.05) is 17.6 Å². The Bertz CT molecular complexity index is 507. The van der Waals surface area contributed by atoms with E-state index in [1.807, 2.05) is 25.1 Å². The molecule has 0 aliphatic rings. The Kier molecular flexibility index (Phi) is 3.27. The van der Waals surface area contributed by atoms with Gasteiger partial charge in [0.1, 0.15) is 0 Å². The largest absolute Gasteiger partial charge is 0.397 e. The summed E-state index contributed by atoms with van der Waals surface area (Å²) in [7, 11) is 0. The summed E-state index contributed by atoms with van der Waals surface area (Å²) in [5, 5.41) is 6.99. The second-order valence-corrected chi connectivity index (χ2v) is 4.00. The minimum atomic E-state index is 0.640. The zero-order valence-electron chi connectivity index (χ0n) is 10.0. The molecule has 0 fully saturated rings. The van der Waals surface area contributed by atoms with E-state index in [-0.39, 0.29) is 0 Å². The first-order valence-electron chi connectivity index (χ1n) is 5.54. The Morgan fingerprint density at radius 2 is 2.18 bits per heavy atom. The van der Waals surface area contributed by atoms with Crippen molar-refractivity contribution in [3.8, 4) is 0 Å². The molecule has 0 amide bonds. The summed E-state index contributed by atoms with van der Waals surface area (Å²) in [5.41, 5.74) is 8.73. The van der Waals surface area contributed by atoms with Crippen molar-refractivity contribution in [3.05, 3.63) is 35.5 Å². The van der Waals surface area contributed by atoms with Gasteiger partial charge in [-0.25, -0.2) is 0 Å². The molecule has 0 spiro atoms. The number of hydrogen-bond donors (Lipinski definition) is 2. The average molecular weight is 232 g/mol. The number of benzene rings is 1. The summed E-state index contributed by atoms with van der Waals surface area (Å²) in [5.74, 6) is 1.30.